The van der Waals surface area contributed by atoms with Crippen LogP contribution in [-0.4, -0.2) is 36.2 Å². The number of hydrogen-bond acceptors (Lipinski definition) is 6. The minimum atomic E-state index is -0.230. The molecule has 0 radical (unpaired) electrons. The van der Waals surface area contributed by atoms with Crippen molar-refractivity contribution in [2.45, 2.75) is 0 Å². The van der Waals surface area contributed by atoms with Gasteiger partial charge in [0.2, 0.25) is 0 Å². The quantitative estimate of drug-likeness (QED) is 0.485. The Bertz CT molecular complexity index is 1360. The molecule has 0 fully saturated rings. The van der Waals surface area contributed by atoms with E-state index in [-0.39, 0.29) is 5.56 Å². The topological polar surface area (TPSA) is 87.2 Å². The minimum Gasteiger partial charge on any atom is -0.497 e. The van der Waals surface area contributed by atoms with Crippen LogP contribution in [-0.2, 0) is 0 Å². The lowest BCUT2D eigenvalue weighted by molar-refractivity contribution is 0.415. The molecule has 0 N–H and O–H groups in total. The van der Waals surface area contributed by atoms with E-state index in [0.29, 0.717) is 28.2 Å². The molecule has 0 aliphatic heterocycles. The van der Waals surface area contributed by atoms with E-state index in [0.717, 1.165) is 11.3 Å². The van der Waals surface area contributed by atoms with Crippen LogP contribution >= 0.6 is 0 Å². The molecule has 4 heterocycles. The Kier molecular flexibility index (Phi) is 3.61. The van der Waals surface area contributed by atoms with E-state index in [4.69, 9.17) is 4.74 Å². The average molecular weight is 370 g/mol. The first-order valence-corrected chi connectivity index (χ1v) is 8.57. The van der Waals surface area contributed by atoms with Gasteiger partial charge in [0.05, 0.1) is 23.7 Å². The van der Waals surface area contributed by atoms with Crippen molar-refractivity contribution in [1.29, 1.82) is 0 Å². The first-order chi connectivity index (χ1) is 13.8. The van der Waals surface area contributed by atoms with Crippen molar-refractivity contribution >= 4 is 16.7 Å². The van der Waals surface area contributed by atoms with Gasteiger partial charge in [0.25, 0.3) is 11.3 Å². The van der Waals surface area contributed by atoms with Crippen molar-refractivity contribution in [3.05, 3.63) is 77.6 Å². The van der Waals surface area contributed by atoms with Crippen molar-refractivity contribution in [2.24, 2.45) is 0 Å². The molecule has 0 saturated heterocycles. The van der Waals surface area contributed by atoms with Crippen LogP contribution in [0.4, 0.5) is 0 Å². The summed E-state index contributed by atoms with van der Waals surface area (Å²) in [6.45, 7) is 0. The molecule has 0 saturated carbocycles. The maximum absolute atomic E-state index is 13.4. The Morgan fingerprint density at radius 1 is 1.00 bits per heavy atom. The molecule has 0 aliphatic rings. The number of rotatable bonds is 3. The van der Waals surface area contributed by atoms with Crippen molar-refractivity contribution in [1.82, 2.24) is 29.1 Å². The molecule has 28 heavy (non-hydrogen) atoms. The third kappa shape index (κ3) is 2.43. The van der Waals surface area contributed by atoms with Crippen molar-refractivity contribution in [3.8, 4) is 22.8 Å². The smallest absolute Gasteiger partial charge is 0.267 e. The maximum Gasteiger partial charge on any atom is 0.267 e. The number of pyridine rings is 2. The van der Waals surface area contributed by atoms with Crippen LogP contribution in [0.1, 0.15) is 0 Å². The molecular formula is C20H14N6O2. The molecule has 1 aromatic carbocycles. The summed E-state index contributed by atoms with van der Waals surface area (Å²) in [7, 11) is 1.61. The highest BCUT2D eigenvalue weighted by Gasteiger charge is 2.17. The molecule has 0 aliphatic carbocycles. The Hall–Kier alpha value is -4.07. The molecule has 8 heteroatoms. The summed E-state index contributed by atoms with van der Waals surface area (Å²) in [5, 5.41) is 4.72. The summed E-state index contributed by atoms with van der Waals surface area (Å²) < 4.78 is 8.32. The molecule has 0 amide bonds. The molecule has 4 aromatic heterocycles. The fourth-order valence-corrected chi connectivity index (χ4v) is 3.22. The predicted octanol–water partition coefficient (Wildman–Crippen LogP) is 2.50. The fraction of sp³-hybridized carbons (Fsp3) is 0.0500. The summed E-state index contributed by atoms with van der Waals surface area (Å²) in [5.41, 5.74) is 1.74. The minimum absolute atomic E-state index is 0.230. The zero-order valence-corrected chi connectivity index (χ0v) is 14.9. The summed E-state index contributed by atoms with van der Waals surface area (Å²) in [4.78, 5) is 26.4. The first kappa shape index (κ1) is 16.1. The highest BCUT2D eigenvalue weighted by atomic mass is 16.5. The van der Waals surface area contributed by atoms with Gasteiger partial charge < -0.3 is 4.74 Å². The second-order valence-corrected chi connectivity index (χ2v) is 6.10. The average Bonchev–Trinajstić information content (AvgIpc) is 3.21. The summed E-state index contributed by atoms with van der Waals surface area (Å²) >= 11 is 0. The molecule has 136 valence electrons. The molecular weight excluding hydrogens is 356 g/mol. The molecule has 5 aromatic rings. The number of hydrogen-bond donors (Lipinski definition) is 0. The fourth-order valence-electron chi connectivity index (χ4n) is 3.22. The van der Waals surface area contributed by atoms with Crippen molar-refractivity contribution < 1.29 is 4.74 Å². The number of methoxy groups -OCH3 is 1. The van der Waals surface area contributed by atoms with E-state index in [1.807, 2.05) is 30.3 Å². The Labute approximate surface area is 158 Å². The van der Waals surface area contributed by atoms with Gasteiger partial charge in [-0.2, -0.15) is 14.6 Å². The standard InChI is InChI=1S/C20H14N6O2/c1-28-14-7-5-13(6-8-14)18-17-15(24-20-22-12-23-26(18)20)9-11-25(19(17)27)16-4-2-3-10-21-16/h2-12H,1H3. The SMILES string of the molecule is COc1ccc(-c2c3c(=O)n(-c4ccccn4)ccc3nc3ncnn23)cc1. The van der Waals surface area contributed by atoms with Gasteiger partial charge in [-0.15, -0.1) is 0 Å². The van der Waals surface area contributed by atoms with Gasteiger partial charge in [-0.05, 0) is 42.5 Å². The van der Waals surface area contributed by atoms with Crippen LogP contribution in [0.15, 0.2) is 72.0 Å². The number of nitrogens with zero attached hydrogens (tertiary/aromatic N) is 6. The molecule has 0 unspecified atom stereocenters. The van der Waals surface area contributed by atoms with E-state index in [1.54, 1.807) is 42.2 Å². The number of aromatic nitrogens is 6. The molecule has 5 rings (SSSR count). The summed E-state index contributed by atoms with van der Waals surface area (Å²) in [5.74, 6) is 1.69. The third-order valence-electron chi connectivity index (χ3n) is 4.53. The lowest BCUT2D eigenvalue weighted by atomic mass is 10.1. The van der Waals surface area contributed by atoms with Gasteiger partial charge in [0.15, 0.2) is 0 Å². The lowest BCUT2D eigenvalue weighted by Crippen LogP contribution is -2.20. The van der Waals surface area contributed by atoms with Gasteiger partial charge in [-0.3, -0.25) is 9.36 Å². The van der Waals surface area contributed by atoms with Crippen LogP contribution in [0.5, 0.6) is 5.75 Å². The van der Waals surface area contributed by atoms with E-state index >= 15 is 0 Å². The molecule has 0 bridgehead atoms. The number of fused-ring (bicyclic) bond motifs is 2. The highest BCUT2D eigenvalue weighted by Crippen LogP contribution is 2.27. The Morgan fingerprint density at radius 2 is 1.86 bits per heavy atom. The monoisotopic (exact) mass is 370 g/mol. The third-order valence-corrected chi connectivity index (χ3v) is 4.53. The normalized spacial score (nSPS) is 11.2. The van der Waals surface area contributed by atoms with Gasteiger partial charge in [0, 0.05) is 18.0 Å². The van der Waals surface area contributed by atoms with Gasteiger partial charge in [0.1, 0.15) is 17.9 Å². The second kappa shape index (κ2) is 6.27. The van der Waals surface area contributed by atoms with E-state index in [1.165, 1.54) is 10.9 Å². The van der Waals surface area contributed by atoms with Crippen LogP contribution in [0.2, 0.25) is 0 Å². The van der Waals surface area contributed by atoms with Crippen LogP contribution in [0.25, 0.3) is 33.8 Å². The lowest BCUT2D eigenvalue weighted by Gasteiger charge is -2.11. The Balaban J connectivity index is 1.89. The molecule has 0 spiro atoms. The van der Waals surface area contributed by atoms with Crippen LogP contribution < -0.4 is 10.3 Å². The van der Waals surface area contributed by atoms with Crippen molar-refractivity contribution in [2.75, 3.05) is 7.11 Å². The van der Waals surface area contributed by atoms with Crippen LogP contribution in [0, 0.1) is 0 Å². The zero-order valence-electron chi connectivity index (χ0n) is 14.9. The van der Waals surface area contributed by atoms with Crippen LogP contribution in [0.3, 0.4) is 0 Å². The molecule has 8 nitrogen and oxygen atoms in total. The summed E-state index contributed by atoms with van der Waals surface area (Å²) in [6.07, 6.45) is 4.74. The van der Waals surface area contributed by atoms with E-state index in [2.05, 4.69) is 20.1 Å². The van der Waals surface area contributed by atoms with E-state index < -0.39 is 0 Å². The second-order valence-electron chi connectivity index (χ2n) is 6.10. The molecule has 0 atom stereocenters. The first-order valence-electron chi connectivity index (χ1n) is 8.57. The highest BCUT2D eigenvalue weighted by molar-refractivity contribution is 5.93. The number of ether oxygens (including phenoxy) is 1. The largest absolute Gasteiger partial charge is 0.497 e. The number of benzene rings is 1. The summed E-state index contributed by atoms with van der Waals surface area (Å²) in [6, 6.07) is 14.6. The maximum atomic E-state index is 13.4. The van der Waals surface area contributed by atoms with Gasteiger partial charge in [-0.25, -0.2) is 9.97 Å². The van der Waals surface area contributed by atoms with Gasteiger partial charge in [-0.1, -0.05) is 6.07 Å². The predicted molar refractivity (Wildman–Crippen MR) is 104 cm³/mol. The van der Waals surface area contributed by atoms with Crippen molar-refractivity contribution in [3.63, 3.8) is 0 Å². The van der Waals surface area contributed by atoms with Gasteiger partial charge >= 0.3 is 0 Å². The zero-order chi connectivity index (χ0) is 19.1. The Morgan fingerprint density at radius 3 is 2.61 bits per heavy atom. The van der Waals surface area contributed by atoms with E-state index in [9.17, 15) is 4.79 Å².